The average Bonchev–Trinajstić information content (AvgIpc) is 3.15. The molecule has 0 aliphatic rings. The average molecular weight is 450 g/mol. The van der Waals surface area contributed by atoms with Gasteiger partial charge in [-0.05, 0) is 31.5 Å². The van der Waals surface area contributed by atoms with Crippen molar-refractivity contribution in [1.29, 1.82) is 0 Å². The van der Waals surface area contributed by atoms with Crippen LogP contribution < -0.4 is 4.74 Å². The molecule has 0 spiro atoms. The standard InChI is InChI=1S/C23H21N4O4S/c1-15-12-24-20(16(2)22(15)31-3)14-32(30)23-25-19-6-4-5-7-21(19)26(23)13-17-8-10-18(11-9-17)27(28)29/h4-13H,14H2,1-3H3. The Bertz CT molecular complexity index is 1290. The number of methoxy groups -OCH3 is 1. The van der Waals surface area contributed by atoms with Gasteiger partial charge in [0.25, 0.3) is 5.69 Å². The quantitative estimate of drug-likeness (QED) is 0.236. The van der Waals surface area contributed by atoms with Crippen LogP contribution in [0.4, 0.5) is 5.69 Å². The van der Waals surface area contributed by atoms with Crippen molar-refractivity contribution in [1.82, 2.24) is 14.5 Å². The maximum atomic E-state index is 13.4. The monoisotopic (exact) mass is 449 g/mol. The van der Waals surface area contributed by atoms with Crippen LogP contribution in [-0.4, -0.2) is 31.1 Å². The highest BCUT2D eigenvalue weighted by molar-refractivity contribution is 7.90. The molecule has 1 radical (unpaired) electrons. The molecule has 0 bridgehead atoms. The van der Waals surface area contributed by atoms with Crippen LogP contribution in [0.1, 0.15) is 22.4 Å². The van der Waals surface area contributed by atoms with Crippen LogP contribution in [-0.2, 0) is 16.9 Å². The lowest BCUT2D eigenvalue weighted by Gasteiger charge is -2.15. The first-order chi connectivity index (χ1) is 15.4. The Labute approximate surface area is 188 Å². The van der Waals surface area contributed by atoms with Gasteiger partial charge >= 0.3 is 5.16 Å². The second-order valence-electron chi connectivity index (χ2n) is 7.27. The smallest absolute Gasteiger partial charge is 0.325 e. The minimum atomic E-state index is -1.50. The fourth-order valence-electron chi connectivity index (χ4n) is 3.54. The molecule has 32 heavy (non-hydrogen) atoms. The summed E-state index contributed by atoms with van der Waals surface area (Å²) in [5.74, 6) is 0.915. The summed E-state index contributed by atoms with van der Waals surface area (Å²) in [5.41, 5.74) is 4.68. The maximum Gasteiger partial charge on any atom is 0.325 e. The molecule has 0 N–H and O–H groups in total. The molecular formula is C23H21N4O4S. The fourth-order valence-corrected chi connectivity index (χ4v) is 4.78. The first kappa shape index (κ1) is 21.8. The van der Waals surface area contributed by atoms with E-state index in [-0.39, 0.29) is 11.4 Å². The van der Waals surface area contributed by atoms with Gasteiger partial charge in [0.1, 0.15) is 5.75 Å². The predicted octanol–water partition coefficient (Wildman–Crippen LogP) is 4.33. The first-order valence-corrected chi connectivity index (χ1v) is 11.1. The van der Waals surface area contributed by atoms with E-state index in [0.29, 0.717) is 16.4 Å². The number of nitro benzene ring substituents is 1. The Balaban J connectivity index is 1.70. The molecule has 0 aliphatic carbocycles. The van der Waals surface area contributed by atoms with Crippen molar-refractivity contribution in [2.24, 2.45) is 0 Å². The van der Waals surface area contributed by atoms with Gasteiger partial charge in [-0.2, -0.15) is 4.98 Å². The van der Waals surface area contributed by atoms with E-state index < -0.39 is 16.1 Å². The van der Waals surface area contributed by atoms with Crippen LogP contribution in [0.5, 0.6) is 5.75 Å². The first-order valence-electron chi connectivity index (χ1n) is 9.82. The van der Waals surface area contributed by atoms with E-state index in [0.717, 1.165) is 28.0 Å². The number of pyridine rings is 1. The van der Waals surface area contributed by atoms with Crippen molar-refractivity contribution in [3.05, 3.63) is 93.8 Å². The third-order valence-corrected chi connectivity index (χ3v) is 6.40. The zero-order valence-electron chi connectivity index (χ0n) is 17.8. The van der Waals surface area contributed by atoms with E-state index in [1.54, 1.807) is 36.6 Å². The molecule has 0 aliphatic heterocycles. The minimum absolute atomic E-state index is 0.0105. The predicted molar refractivity (Wildman–Crippen MR) is 122 cm³/mol. The van der Waals surface area contributed by atoms with E-state index in [4.69, 9.17) is 4.74 Å². The van der Waals surface area contributed by atoms with E-state index in [9.17, 15) is 14.7 Å². The number of fused-ring (bicyclic) bond motifs is 1. The molecule has 2 aromatic carbocycles. The Morgan fingerprint density at radius 3 is 2.56 bits per heavy atom. The summed E-state index contributed by atoms with van der Waals surface area (Å²) < 4.78 is 20.7. The van der Waals surface area contributed by atoms with E-state index >= 15 is 0 Å². The number of benzene rings is 2. The summed E-state index contributed by atoms with van der Waals surface area (Å²) in [5, 5.41) is 11.3. The minimum Gasteiger partial charge on any atom is -0.609 e. The second kappa shape index (κ2) is 8.97. The molecule has 4 aromatic rings. The zero-order valence-corrected chi connectivity index (χ0v) is 18.6. The fraction of sp³-hybridized carbons (Fsp3) is 0.174. The van der Waals surface area contributed by atoms with Crippen LogP contribution in [0.25, 0.3) is 11.0 Å². The SMILES string of the molecule is COc1c(C)cnc(C[S+]([O-])c2nc3ccccc3n2[CH]c2ccc([N+](=O)[O-])cc2)c1C. The number of para-hydroxylation sites is 2. The highest BCUT2D eigenvalue weighted by atomic mass is 32.2. The van der Waals surface area contributed by atoms with Crippen LogP contribution in [0, 0.1) is 30.5 Å². The molecule has 0 amide bonds. The topological polar surface area (TPSA) is 106 Å². The van der Waals surface area contributed by atoms with Gasteiger partial charge < -0.3 is 9.29 Å². The summed E-state index contributed by atoms with van der Waals surface area (Å²) in [6.45, 7) is 5.60. The number of nitrogens with zero attached hydrogens (tertiary/aromatic N) is 4. The highest BCUT2D eigenvalue weighted by Crippen LogP contribution is 2.29. The van der Waals surface area contributed by atoms with Crippen molar-refractivity contribution in [2.45, 2.75) is 24.8 Å². The zero-order chi connectivity index (χ0) is 22.8. The van der Waals surface area contributed by atoms with Gasteiger partial charge in [0.05, 0.1) is 35.3 Å². The van der Waals surface area contributed by atoms with Gasteiger partial charge in [-0.15, -0.1) is 0 Å². The van der Waals surface area contributed by atoms with Gasteiger partial charge in [-0.3, -0.25) is 19.7 Å². The van der Waals surface area contributed by atoms with Crippen molar-refractivity contribution in [2.75, 3.05) is 7.11 Å². The van der Waals surface area contributed by atoms with Gasteiger partial charge in [0.15, 0.2) is 5.75 Å². The molecule has 9 heteroatoms. The molecule has 0 fully saturated rings. The molecule has 2 heterocycles. The molecular weight excluding hydrogens is 428 g/mol. The van der Waals surface area contributed by atoms with Crippen molar-refractivity contribution >= 4 is 27.9 Å². The highest BCUT2D eigenvalue weighted by Gasteiger charge is 2.25. The molecule has 4 rings (SSSR count). The lowest BCUT2D eigenvalue weighted by Crippen LogP contribution is -2.14. The molecule has 163 valence electrons. The normalized spacial score (nSPS) is 12.1. The number of nitro groups is 1. The van der Waals surface area contributed by atoms with Crippen molar-refractivity contribution < 1.29 is 14.2 Å². The summed E-state index contributed by atoms with van der Waals surface area (Å²) in [4.78, 5) is 19.6. The Morgan fingerprint density at radius 2 is 1.88 bits per heavy atom. The molecule has 8 nitrogen and oxygen atoms in total. The maximum absolute atomic E-state index is 13.4. The molecule has 0 saturated heterocycles. The molecule has 0 saturated carbocycles. The van der Waals surface area contributed by atoms with E-state index in [1.807, 2.05) is 38.1 Å². The van der Waals surface area contributed by atoms with Crippen LogP contribution >= 0.6 is 0 Å². The number of aryl methyl sites for hydroxylation is 1. The van der Waals surface area contributed by atoms with E-state index in [2.05, 4.69) is 9.97 Å². The van der Waals surface area contributed by atoms with Crippen LogP contribution in [0.3, 0.4) is 0 Å². The summed E-state index contributed by atoms with van der Waals surface area (Å²) in [6.07, 6.45) is 1.71. The lowest BCUT2D eigenvalue weighted by atomic mass is 10.1. The van der Waals surface area contributed by atoms with E-state index in [1.165, 1.54) is 12.1 Å². The van der Waals surface area contributed by atoms with Crippen molar-refractivity contribution in [3.8, 4) is 5.75 Å². The number of hydrogen-bond donors (Lipinski definition) is 0. The summed E-state index contributed by atoms with van der Waals surface area (Å²) >= 11 is -1.50. The van der Waals surface area contributed by atoms with Gasteiger partial charge in [0, 0.05) is 40.6 Å². The number of non-ortho nitro benzene ring substituents is 1. The lowest BCUT2D eigenvalue weighted by molar-refractivity contribution is -0.384. The van der Waals surface area contributed by atoms with Crippen molar-refractivity contribution in [3.63, 3.8) is 0 Å². The second-order valence-corrected chi connectivity index (χ2v) is 8.61. The van der Waals surface area contributed by atoms with Crippen LogP contribution in [0.15, 0.2) is 59.9 Å². The summed E-state index contributed by atoms with van der Waals surface area (Å²) in [7, 11) is 1.61. The largest absolute Gasteiger partial charge is 0.609 e. The van der Waals surface area contributed by atoms with Gasteiger partial charge in [0.2, 0.25) is 0 Å². The number of aromatic nitrogens is 3. The molecule has 1 atom stereocenters. The number of imidazole rings is 1. The number of hydrogen-bond acceptors (Lipinski definition) is 6. The van der Waals surface area contributed by atoms with Gasteiger partial charge in [-0.1, -0.05) is 24.3 Å². The summed E-state index contributed by atoms with van der Waals surface area (Å²) in [6, 6.07) is 13.7. The third-order valence-electron chi connectivity index (χ3n) is 5.17. The Kier molecular flexibility index (Phi) is 6.11. The van der Waals surface area contributed by atoms with Crippen LogP contribution in [0.2, 0.25) is 0 Å². The number of rotatable bonds is 7. The Morgan fingerprint density at radius 1 is 1.16 bits per heavy atom. The Hall–Kier alpha value is -3.43. The molecule has 2 aromatic heterocycles. The third kappa shape index (κ3) is 4.17. The van der Waals surface area contributed by atoms with Gasteiger partial charge in [-0.25, -0.2) is 0 Å². The molecule has 1 unspecified atom stereocenters. The number of ether oxygens (including phenoxy) is 1.